The zero-order chi connectivity index (χ0) is 18.8. The molecule has 0 N–H and O–H groups in total. The van der Waals surface area contributed by atoms with Gasteiger partial charge in [0.1, 0.15) is 11.1 Å². The van der Waals surface area contributed by atoms with Gasteiger partial charge in [-0.1, -0.05) is 0 Å². The number of fused-ring (bicyclic) bond motifs is 1. The Hall–Kier alpha value is -2.35. The van der Waals surface area contributed by atoms with Crippen molar-refractivity contribution in [3.05, 3.63) is 29.4 Å². The topological polar surface area (TPSA) is 83.5 Å². The van der Waals surface area contributed by atoms with Crippen LogP contribution in [0.15, 0.2) is 18.3 Å². The summed E-state index contributed by atoms with van der Waals surface area (Å²) in [5.41, 5.74) is 0.555. The van der Waals surface area contributed by atoms with Gasteiger partial charge in [0.2, 0.25) is 5.82 Å². The Labute approximate surface area is 147 Å². The summed E-state index contributed by atoms with van der Waals surface area (Å²) in [6.07, 6.45) is 0.747. The summed E-state index contributed by atoms with van der Waals surface area (Å²) < 4.78 is 13.5. The van der Waals surface area contributed by atoms with Crippen LogP contribution in [0.5, 0.6) is 0 Å². The van der Waals surface area contributed by atoms with Crippen molar-refractivity contribution < 1.29 is 19.0 Å². The molecule has 0 aromatic carbocycles. The van der Waals surface area contributed by atoms with Gasteiger partial charge in [-0.05, 0) is 37.9 Å². The van der Waals surface area contributed by atoms with Gasteiger partial charge in [-0.2, -0.15) is 0 Å². The summed E-state index contributed by atoms with van der Waals surface area (Å²) in [7, 11) is 3.26. The minimum atomic E-state index is -0.549. The molecule has 0 radical (unpaired) electrons. The minimum Gasteiger partial charge on any atom is -0.710 e. The summed E-state index contributed by atoms with van der Waals surface area (Å²) in [5.74, 6) is 0.716. The van der Waals surface area contributed by atoms with Crippen LogP contribution in [0.4, 0.5) is 4.79 Å². The zero-order valence-electron chi connectivity index (χ0n) is 15.6. The first-order valence-corrected chi connectivity index (χ1v) is 8.14. The molecule has 8 heteroatoms. The maximum Gasteiger partial charge on any atom is 0.410 e. The standard InChI is InChI=1S/C17H26N4O4/c1-12-18-15-14(8-7-9-21(15)23)20(12)11-13(24-6)10-19(5)16(22)25-17(2,3)4/h7-9,13H,10-11H2,1-6H3/t13-/m0/s1. The Morgan fingerprint density at radius 3 is 2.76 bits per heavy atom. The van der Waals surface area contributed by atoms with Gasteiger partial charge in [-0.25, -0.2) is 9.52 Å². The number of rotatable bonds is 5. The number of aryl methyl sites for hydroxylation is 1. The Bertz CT molecular complexity index is 751. The molecular weight excluding hydrogens is 324 g/mol. The van der Waals surface area contributed by atoms with Crippen molar-refractivity contribution in [3.63, 3.8) is 0 Å². The molecular formula is C17H26N4O4. The van der Waals surface area contributed by atoms with E-state index in [-0.39, 0.29) is 6.10 Å². The fourth-order valence-corrected chi connectivity index (χ4v) is 2.54. The number of pyridine rings is 1. The molecule has 2 heterocycles. The number of hydrogen-bond acceptors (Lipinski definition) is 5. The molecule has 0 aliphatic heterocycles. The lowest BCUT2D eigenvalue weighted by Crippen LogP contribution is -2.40. The van der Waals surface area contributed by atoms with Crippen molar-refractivity contribution >= 4 is 17.3 Å². The third-order valence-corrected chi connectivity index (χ3v) is 3.76. The van der Waals surface area contributed by atoms with E-state index in [4.69, 9.17) is 9.47 Å². The summed E-state index contributed by atoms with van der Waals surface area (Å²) in [5, 5.41) is 11.8. The minimum absolute atomic E-state index is 0.270. The van der Waals surface area contributed by atoms with Gasteiger partial charge in [0, 0.05) is 21.1 Å². The van der Waals surface area contributed by atoms with Gasteiger partial charge < -0.3 is 19.6 Å². The van der Waals surface area contributed by atoms with E-state index in [9.17, 15) is 10.0 Å². The van der Waals surface area contributed by atoms with Crippen molar-refractivity contribution in [2.24, 2.45) is 0 Å². The number of aromatic nitrogens is 3. The number of likely N-dealkylation sites (N-methyl/N-ethyl adjacent to an activating group) is 1. The highest BCUT2D eigenvalue weighted by molar-refractivity contribution is 5.68. The van der Waals surface area contributed by atoms with E-state index >= 15 is 0 Å². The van der Waals surface area contributed by atoms with Crippen molar-refractivity contribution in [2.75, 3.05) is 20.7 Å². The predicted molar refractivity (Wildman–Crippen MR) is 93.1 cm³/mol. The molecule has 0 aliphatic carbocycles. The van der Waals surface area contributed by atoms with E-state index < -0.39 is 11.7 Å². The molecule has 0 unspecified atom stereocenters. The highest BCUT2D eigenvalue weighted by Gasteiger charge is 2.24. The van der Waals surface area contributed by atoms with Crippen molar-refractivity contribution in [1.82, 2.24) is 14.5 Å². The number of carbonyl (C=O) groups is 1. The van der Waals surface area contributed by atoms with Crippen LogP contribution < -0.4 is 4.73 Å². The van der Waals surface area contributed by atoms with Crippen LogP contribution in [0.2, 0.25) is 0 Å². The van der Waals surface area contributed by atoms with Gasteiger partial charge >= 0.3 is 11.7 Å². The van der Waals surface area contributed by atoms with E-state index in [1.165, 1.54) is 11.1 Å². The molecule has 25 heavy (non-hydrogen) atoms. The highest BCUT2D eigenvalue weighted by atomic mass is 16.6. The summed E-state index contributed by atoms with van der Waals surface area (Å²) >= 11 is 0. The molecule has 0 saturated carbocycles. The van der Waals surface area contributed by atoms with Crippen LogP contribution in [0, 0.1) is 12.1 Å². The number of ether oxygens (including phenoxy) is 2. The predicted octanol–water partition coefficient (Wildman–Crippen LogP) is 1.86. The largest absolute Gasteiger partial charge is 0.710 e. The second kappa shape index (κ2) is 7.26. The van der Waals surface area contributed by atoms with Crippen LogP contribution in [-0.2, 0) is 16.0 Å². The van der Waals surface area contributed by atoms with Gasteiger partial charge in [0.25, 0.3) is 0 Å². The fraction of sp³-hybridized carbons (Fsp3) is 0.588. The number of methoxy groups -OCH3 is 1. The summed E-state index contributed by atoms with van der Waals surface area (Å²) in [6.45, 7) is 8.14. The third kappa shape index (κ3) is 4.60. The lowest BCUT2D eigenvalue weighted by molar-refractivity contribution is -0.579. The molecule has 1 amide bonds. The molecule has 138 valence electrons. The third-order valence-electron chi connectivity index (χ3n) is 3.76. The van der Waals surface area contributed by atoms with Gasteiger partial charge in [0.05, 0.1) is 25.4 Å². The van der Waals surface area contributed by atoms with Gasteiger partial charge in [-0.15, -0.1) is 0 Å². The first kappa shape index (κ1) is 19.0. The van der Waals surface area contributed by atoms with Crippen LogP contribution in [0.25, 0.3) is 11.2 Å². The highest BCUT2D eigenvalue weighted by Crippen LogP contribution is 2.15. The average Bonchev–Trinajstić information content (AvgIpc) is 2.82. The van der Waals surface area contributed by atoms with Crippen molar-refractivity contribution in [1.29, 1.82) is 0 Å². The van der Waals surface area contributed by atoms with E-state index in [1.54, 1.807) is 20.2 Å². The second-order valence-corrected chi connectivity index (χ2v) is 7.03. The van der Waals surface area contributed by atoms with Crippen LogP contribution in [-0.4, -0.2) is 53.0 Å². The number of hydrogen-bond donors (Lipinski definition) is 0. The molecule has 0 spiro atoms. The van der Waals surface area contributed by atoms with Crippen molar-refractivity contribution in [3.8, 4) is 0 Å². The Morgan fingerprint density at radius 1 is 1.48 bits per heavy atom. The number of nitrogens with zero attached hydrogens (tertiary/aromatic N) is 4. The summed E-state index contributed by atoms with van der Waals surface area (Å²) in [6, 6.07) is 3.52. The van der Waals surface area contributed by atoms with E-state index in [0.29, 0.717) is 24.6 Å². The Morgan fingerprint density at radius 2 is 2.16 bits per heavy atom. The van der Waals surface area contributed by atoms with E-state index in [1.807, 2.05) is 38.3 Å². The van der Waals surface area contributed by atoms with Gasteiger partial charge in [0.15, 0.2) is 0 Å². The lowest BCUT2D eigenvalue weighted by atomic mass is 10.2. The number of carbonyl (C=O) groups excluding carboxylic acids is 1. The van der Waals surface area contributed by atoms with Crippen molar-refractivity contribution in [2.45, 2.75) is 45.9 Å². The molecule has 2 rings (SSSR count). The maximum absolute atomic E-state index is 12.1. The fourth-order valence-electron chi connectivity index (χ4n) is 2.54. The molecule has 8 nitrogen and oxygen atoms in total. The second-order valence-electron chi connectivity index (χ2n) is 7.03. The monoisotopic (exact) mass is 350 g/mol. The summed E-state index contributed by atoms with van der Waals surface area (Å²) in [4.78, 5) is 17.9. The number of amides is 1. The average molecular weight is 350 g/mol. The molecule has 1 atom stereocenters. The van der Waals surface area contributed by atoms with Crippen LogP contribution >= 0.6 is 0 Å². The normalized spacial score (nSPS) is 13.0. The molecule has 2 aromatic rings. The molecule has 0 saturated heterocycles. The zero-order valence-corrected chi connectivity index (χ0v) is 15.6. The molecule has 2 aromatic heterocycles. The quantitative estimate of drug-likeness (QED) is 0.607. The Balaban J connectivity index is 2.14. The van der Waals surface area contributed by atoms with Gasteiger partial charge in [-0.3, -0.25) is 4.57 Å². The SMILES string of the molecule is CO[C@@H](CN(C)C(=O)OC(C)(C)C)Cn1c(C)nc2c1ccc[n+]2[O-]. The maximum atomic E-state index is 12.1. The van der Waals surface area contributed by atoms with Crippen LogP contribution in [0.3, 0.4) is 0 Å². The lowest BCUT2D eigenvalue weighted by Gasteiger charge is -2.27. The molecule has 0 aliphatic rings. The smallest absolute Gasteiger partial charge is 0.410 e. The molecule has 0 fully saturated rings. The molecule has 0 bridgehead atoms. The first-order chi connectivity index (χ1) is 11.6. The Kier molecular flexibility index (Phi) is 5.52. The van der Waals surface area contributed by atoms with E-state index in [0.717, 1.165) is 10.2 Å². The number of imidazole rings is 1. The van der Waals surface area contributed by atoms with Crippen LogP contribution in [0.1, 0.15) is 26.6 Å². The first-order valence-electron chi connectivity index (χ1n) is 8.14. The van der Waals surface area contributed by atoms with E-state index in [2.05, 4.69) is 4.98 Å².